The van der Waals surface area contributed by atoms with E-state index in [0.29, 0.717) is 12.5 Å². The third kappa shape index (κ3) is 1.99. The van der Waals surface area contributed by atoms with Crippen molar-refractivity contribution in [1.82, 2.24) is 9.97 Å². The van der Waals surface area contributed by atoms with Gasteiger partial charge in [-0.15, -0.1) is 0 Å². The van der Waals surface area contributed by atoms with Crippen molar-refractivity contribution in [3.63, 3.8) is 0 Å². The second-order valence-corrected chi connectivity index (χ2v) is 3.27. The molecule has 1 N–H and O–H groups in total. The average Bonchev–Trinajstić information content (AvgIpc) is 2.98. The molecule has 5 nitrogen and oxygen atoms in total. The molecule has 1 aliphatic carbocycles. The van der Waals surface area contributed by atoms with Gasteiger partial charge in [-0.05, 0) is 18.8 Å². The molecule has 1 saturated carbocycles. The minimum atomic E-state index is -1.11. The van der Waals surface area contributed by atoms with Crippen LogP contribution in [-0.4, -0.2) is 27.7 Å². The van der Waals surface area contributed by atoms with Crippen molar-refractivity contribution >= 4 is 5.97 Å². The van der Waals surface area contributed by atoms with Gasteiger partial charge in [0.15, 0.2) is 0 Å². The highest BCUT2D eigenvalue weighted by atomic mass is 16.5. The standard InChI is InChI=1S/C9H10N2O3/c12-9(13)7-8(11-4-3-10-7)14-5-6-1-2-6/h3-4,6H,1-2,5H2,(H,12,13). The Morgan fingerprint density at radius 2 is 2.21 bits per heavy atom. The van der Waals surface area contributed by atoms with Crippen molar-refractivity contribution in [2.24, 2.45) is 5.92 Å². The van der Waals surface area contributed by atoms with E-state index < -0.39 is 5.97 Å². The van der Waals surface area contributed by atoms with Gasteiger partial charge in [0.05, 0.1) is 6.61 Å². The number of aromatic nitrogens is 2. The van der Waals surface area contributed by atoms with Crippen molar-refractivity contribution in [1.29, 1.82) is 0 Å². The van der Waals surface area contributed by atoms with Gasteiger partial charge >= 0.3 is 5.97 Å². The highest BCUT2D eigenvalue weighted by Crippen LogP contribution is 2.29. The van der Waals surface area contributed by atoms with Crippen LogP contribution in [-0.2, 0) is 0 Å². The summed E-state index contributed by atoms with van der Waals surface area (Å²) < 4.78 is 5.27. The molecule has 14 heavy (non-hydrogen) atoms. The lowest BCUT2D eigenvalue weighted by Gasteiger charge is -2.05. The van der Waals surface area contributed by atoms with Crippen LogP contribution in [0.25, 0.3) is 0 Å². The normalized spacial score (nSPS) is 15.1. The topological polar surface area (TPSA) is 72.3 Å². The molecule has 0 bridgehead atoms. The molecule has 0 unspecified atom stereocenters. The van der Waals surface area contributed by atoms with Crippen molar-refractivity contribution in [2.45, 2.75) is 12.8 Å². The lowest BCUT2D eigenvalue weighted by Crippen LogP contribution is -2.08. The molecule has 5 heteroatoms. The van der Waals surface area contributed by atoms with Gasteiger partial charge in [-0.3, -0.25) is 0 Å². The second kappa shape index (κ2) is 3.61. The summed E-state index contributed by atoms with van der Waals surface area (Å²) in [6.45, 7) is 0.541. The maximum atomic E-state index is 10.7. The molecule has 1 aromatic rings. The highest BCUT2D eigenvalue weighted by molar-refractivity contribution is 5.87. The number of aromatic carboxylic acids is 1. The summed E-state index contributed by atoms with van der Waals surface area (Å²) in [4.78, 5) is 18.2. The predicted octanol–water partition coefficient (Wildman–Crippen LogP) is 0.964. The van der Waals surface area contributed by atoms with Gasteiger partial charge in [0, 0.05) is 12.4 Å². The van der Waals surface area contributed by atoms with Gasteiger partial charge in [-0.25, -0.2) is 14.8 Å². The zero-order chi connectivity index (χ0) is 9.97. The lowest BCUT2D eigenvalue weighted by atomic mass is 10.4. The Morgan fingerprint density at radius 3 is 2.86 bits per heavy atom. The van der Waals surface area contributed by atoms with E-state index in [9.17, 15) is 4.79 Å². The summed E-state index contributed by atoms with van der Waals surface area (Å²) in [6, 6.07) is 0. The molecule has 1 aliphatic rings. The van der Waals surface area contributed by atoms with Crippen LogP contribution >= 0.6 is 0 Å². The summed E-state index contributed by atoms with van der Waals surface area (Å²) in [5.41, 5.74) is -0.117. The molecule has 0 atom stereocenters. The van der Waals surface area contributed by atoms with Crippen molar-refractivity contribution in [2.75, 3.05) is 6.61 Å². The third-order valence-corrected chi connectivity index (χ3v) is 2.02. The Hall–Kier alpha value is -1.65. The van der Waals surface area contributed by atoms with E-state index in [2.05, 4.69) is 9.97 Å². The molecule has 2 rings (SSSR count). The number of ether oxygens (including phenoxy) is 1. The summed E-state index contributed by atoms with van der Waals surface area (Å²) in [5, 5.41) is 8.76. The fourth-order valence-corrected chi connectivity index (χ4v) is 1.06. The van der Waals surface area contributed by atoms with E-state index >= 15 is 0 Å². The van der Waals surface area contributed by atoms with Gasteiger partial charge in [-0.2, -0.15) is 0 Å². The van der Waals surface area contributed by atoms with Crippen LogP contribution in [0.15, 0.2) is 12.4 Å². The quantitative estimate of drug-likeness (QED) is 0.772. The van der Waals surface area contributed by atoms with E-state index in [1.165, 1.54) is 12.4 Å². The van der Waals surface area contributed by atoms with Crippen LogP contribution in [0, 0.1) is 5.92 Å². The van der Waals surface area contributed by atoms with Crippen LogP contribution in [0.4, 0.5) is 0 Å². The number of carbonyl (C=O) groups is 1. The minimum Gasteiger partial charge on any atom is -0.476 e. The van der Waals surface area contributed by atoms with Crippen LogP contribution in [0.1, 0.15) is 23.3 Å². The predicted molar refractivity (Wildman–Crippen MR) is 47.2 cm³/mol. The number of carboxylic acids is 1. The van der Waals surface area contributed by atoms with Crippen LogP contribution in [0.3, 0.4) is 0 Å². The molecule has 1 heterocycles. The van der Waals surface area contributed by atoms with Crippen molar-refractivity contribution < 1.29 is 14.6 Å². The van der Waals surface area contributed by atoms with Crippen LogP contribution < -0.4 is 4.74 Å². The maximum absolute atomic E-state index is 10.7. The van der Waals surface area contributed by atoms with Crippen LogP contribution in [0.5, 0.6) is 5.88 Å². The molecule has 0 aliphatic heterocycles. The van der Waals surface area contributed by atoms with Gasteiger partial charge < -0.3 is 9.84 Å². The molecule has 0 spiro atoms. The van der Waals surface area contributed by atoms with Crippen LogP contribution in [0.2, 0.25) is 0 Å². The van der Waals surface area contributed by atoms with Crippen molar-refractivity contribution in [3.05, 3.63) is 18.1 Å². The molecule has 0 saturated heterocycles. The minimum absolute atomic E-state index is 0.117. The third-order valence-electron chi connectivity index (χ3n) is 2.02. The molecule has 1 aromatic heterocycles. The second-order valence-electron chi connectivity index (χ2n) is 3.27. The average molecular weight is 194 g/mol. The Bertz CT molecular complexity index is 350. The zero-order valence-corrected chi connectivity index (χ0v) is 7.51. The van der Waals surface area contributed by atoms with Gasteiger partial charge in [0.2, 0.25) is 11.6 Å². The van der Waals surface area contributed by atoms with Gasteiger partial charge in [0.25, 0.3) is 0 Å². The molecule has 1 fully saturated rings. The molecular weight excluding hydrogens is 184 g/mol. The number of rotatable bonds is 4. The molecule has 0 amide bonds. The van der Waals surface area contributed by atoms with E-state index in [1.807, 2.05) is 0 Å². The maximum Gasteiger partial charge on any atom is 0.360 e. The molecular formula is C9H10N2O3. The number of nitrogens with zero attached hydrogens (tertiary/aromatic N) is 2. The number of hydrogen-bond acceptors (Lipinski definition) is 4. The Morgan fingerprint density at radius 1 is 1.50 bits per heavy atom. The lowest BCUT2D eigenvalue weighted by molar-refractivity contribution is 0.0683. The van der Waals surface area contributed by atoms with Crippen molar-refractivity contribution in [3.8, 4) is 5.88 Å². The molecule has 0 aromatic carbocycles. The molecule has 0 radical (unpaired) electrons. The fraction of sp³-hybridized carbons (Fsp3) is 0.444. The van der Waals surface area contributed by atoms with E-state index in [4.69, 9.17) is 9.84 Å². The fourth-order valence-electron chi connectivity index (χ4n) is 1.06. The summed E-state index contributed by atoms with van der Waals surface area (Å²) in [6.07, 6.45) is 5.08. The van der Waals surface area contributed by atoms with E-state index in [0.717, 1.165) is 12.8 Å². The summed E-state index contributed by atoms with van der Waals surface area (Å²) in [5.74, 6) is -0.422. The van der Waals surface area contributed by atoms with Gasteiger partial charge in [-0.1, -0.05) is 0 Å². The first-order valence-electron chi connectivity index (χ1n) is 4.44. The van der Waals surface area contributed by atoms with Gasteiger partial charge in [0.1, 0.15) is 0 Å². The first-order chi connectivity index (χ1) is 6.77. The molecule has 74 valence electrons. The SMILES string of the molecule is O=C(O)c1nccnc1OCC1CC1. The van der Waals surface area contributed by atoms with E-state index in [1.54, 1.807) is 0 Å². The Balaban J connectivity index is 2.09. The highest BCUT2D eigenvalue weighted by Gasteiger charge is 2.23. The first kappa shape index (κ1) is 8.93. The Kier molecular flexibility index (Phi) is 2.30. The number of carboxylic acid groups (broad SMARTS) is 1. The largest absolute Gasteiger partial charge is 0.476 e. The number of hydrogen-bond donors (Lipinski definition) is 1. The zero-order valence-electron chi connectivity index (χ0n) is 7.51. The Labute approximate surface area is 80.8 Å². The van der Waals surface area contributed by atoms with E-state index in [-0.39, 0.29) is 11.6 Å². The summed E-state index contributed by atoms with van der Waals surface area (Å²) >= 11 is 0. The monoisotopic (exact) mass is 194 g/mol. The smallest absolute Gasteiger partial charge is 0.360 e. The summed E-state index contributed by atoms with van der Waals surface area (Å²) in [7, 11) is 0. The first-order valence-corrected chi connectivity index (χ1v) is 4.44.